The Kier molecular flexibility index (Phi) is 6.59. The monoisotopic (exact) mass is 373 g/mol. The summed E-state index contributed by atoms with van der Waals surface area (Å²) in [4.78, 5) is 24.9. The first-order valence-corrected chi connectivity index (χ1v) is 9.81. The second-order valence-corrected chi connectivity index (χ2v) is 8.29. The molecule has 0 aliphatic rings. The molecule has 0 atom stereocenters. The van der Waals surface area contributed by atoms with Crippen LogP contribution in [0.3, 0.4) is 0 Å². The molecule has 26 heavy (non-hydrogen) atoms. The van der Waals surface area contributed by atoms with Crippen molar-refractivity contribution in [2.24, 2.45) is 5.41 Å². The number of carbonyl (C=O) groups excluding carboxylic acids is 2. The third-order valence-electron chi connectivity index (χ3n) is 3.89. The molecule has 0 bridgehead atoms. The quantitative estimate of drug-likeness (QED) is 0.677. The van der Waals surface area contributed by atoms with Crippen LogP contribution in [-0.4, -0.2) is 18.5 Å². The highest BCUT2D eigenvalue weighted by Gasteiger charge is 2.24. The van der Waals surface area contributed by atoms with Gasteiger partial charge in [0.2, 0.25) is 5.91 Å². The van der Waals surface area contributed by atoms with E-state index in [1.54, 1.807) is 6.92 Å². The molecule has 1 aromatic heterocycles. The van der Waals surface area contributed by atoms with Crippen molar-refractivity contribution in [3.05, 3.63) is 40.8 Å². The van der Waals surface area contributed by atoms with Crippen molar-refractivity contribution in [1.29, 1.82) is 0 Å². The number of ether oxygens (including phenoxy) is 1. The molecule has 5 heteroatoms. The van der Waals surface area contributed by atoms with Crippen LogP contribution >= 0.6 is 11.3 Å². The summed E-state index contributed by atoms with van der Waals surface area (Å²) in [5.74, 6) is -0.507. The average molecular weight is 374 g/mol. The summed E-state index contributed by atoms with van der Waals surface area (Å²) in [6.45, 7) is 10.2. The molecule has 1 aromatic carbocycles. The Bertz CT molecular complexity index is 770. The fourth-order valence-corrected chi connectivity index (χ4v) is 3.61. The maximum absolute atomic E-state index is 12.5. The number of thiophene rings is 1. The molecule has 2 rings (SSSR count). The first kappa shape index (κ1) is 20.2. The minimum atomic E-state index is -0.408. The largest absolute Gasteiger partial charge is 0.462 e. The number of aryl methyl sites for hydroxylation is 1. The minimum Gasteiger partial charge on any atom is -0.462 e. The van der Waals surface area contributed by atoms with E-state index >= 15 is 0 Å². The molecule has 1 N–H and O–H groups in total. The van der Waals surface area contributed by atoms with Crippen molar-refractivity contribution in [3.63, 3.8) is 0 Å². The lowest BCUT2D eigenvalue weighted by atomic mass is 9.92. The van der Waals surface area contributed by atoms with Crippen molar-refractivity contribution in [2.45, 2.75) is 47.5 Å². The van der Waals surface area contributed by atoms with Gasteiger partial charge in [-0.15, -0.1) is 11.3 Å². The smallest absolute Gasteiger partial charge is 0.341 e. The highest BCUT2D eigenvalue weighted by atomic mass is 32.1. The van der Waals surface area contributed by atoms with Gasteiger partial charge in [-0.2, -0.15) is 0 Å². The van der Waals surface area contributed by atoms with Crippen LogP contribution in [0.25, 0.3) is 11.1 Å². The van der Waals surface area contributed by atoms with Gasteiger partial charge in [-0.05, 0) is 29.9 Å². The van der Waals surface area contributed by atoms with E-state index in [9.17, 15) is 9.59 Å². The lowest BCUT2D eigenvalue weighted by molar-refractivity contribution is -0.117. The summed E-state index contributed by atoms with van der Waals surface area (Å²) in [5.41, 5.74) is 3.29. The van der Waals surface area contributed by atoms with Crippen LogP contribution in [0, 0.1) is 5.41 Å². The predicted molar refractivity (Wildman–Crippen MR) is 108 cm³/mol. The predicted octanol–water partition coefficient (Wildman–Crippen LogP) is 5.53. The van der Waals surface area contributed by atoms with Gasteiger partial charge >= 0.3 is 5.97 Å². The van der Waals surface area contributed by atoms with E-state index in [1.807, 2.05) is 38.3 Å². The summed E-state index contributed by atoms with van der Waals surface area (Å²) in [6.07, 6.45) is 1.34. The van der Waals surface area contributed by atoms with E-state index in [1.165, 1.54) is 16.9 Å². The van der Waals surface area contributed by atoms with Gasteiger partial charge in [0.25, 0.3) is 0 Å². The van der Waals surface area contributed by atoms with E-state index < -0.39 is 5.97 Å². The van der Waals surface area contributed by atoms with Gasteiger partial charge in [0.15, 0.2) is 0 Å². The lowest BCUT2D eigenvalue weighted by Crippen LogP contribution is -2.20. The Morgan fingerprint density at radius 2 is 1.77 bits per heavy atom. The third-order valence-corrected chi connectivity index (χ3v) is 4.78. The Labute approximate surface area is 159 Å². The number of esters is 1. The standard InChI is InChI=1S/C21H27NO3S/c1-6-14-8-10-15(11-9-14)16-13-26-19(18(16)20(24)25-7-2)22-17(23)12-21(3,4)5/h8-11,13H,6-7,12H2,1-5H3,(H,22,23). The van der Waals surface area contributed by atoms with Crippen molar-refractivity contribution >= 4 is 28.2 Å². The summed E-state index contributed by atoms with van der Waals surface area (Å²) in [7, 11) is 0. The second kappa shape index (κ2) is 8.49. The van der Waals surface area contributed by atoms with Crippen LogP contribution in [0.15, 0.2) is 29.6 Å². The van der Waals surface area contributed by atoms with Crippen LogP contribution in [0.4, 0.5) is 5.00 Å². The van der Waals surface area contributed by atoms with Gasteiger partial charge in [0.1, 0.15) is 10.6 Å². The van der Waals surface area contributed by atoms with E-state index in [2.05, 4.69) is 24.4 Å². The fourth-order valence-electron chi connectivity index (χ4n) is 2.64. The maximum atomic E-state index is 12.5. The number of amides is 1. The van der Waals surface area contributed by atoms with Crippen LogP contribution in [0.1, 0.15) is 57.0 Å². The van der Waals surface area contributed by atoms with E-state index in [-0.39, 0.29) is 17.9 Å². The Morgan fingerprint density at radius 1 is 1.12 bits per heavy atom. The van der Waals surface area contributed by atoms with Crippen LogP contribution in [-0.2, 0) is 16.0 Å². The first-order chi connectivity index (χ1) is 12.2. The molecule has 140 valence electrons. The lowest BCUT2D eigenvalue weighted by Gasteiger charge is -2.17. The molecule has 0 aliphatic carbocycles. The Balaban J connectivity index is 2.38. The van der Waals surface area contributed by atoms with Crippen molar-refractivity contribution in [1.82, 2.24) is 0 Å². The number of nitrogens with one attached hydrogen (secondary N) is 1. The minimum absolute atomic E-state index is 0.0993. The average Bonchev–Trinajstić information content (AvgIpc) is 2.96. The zero-order valence-corrected chi connectivity index (χ0v) is 17.0. The maximum Gasteiger partial charge on any atom is 0.341 e. The summed E-state index contributed by atoms with van der Waals surface area (Å²) in [5, 5.41) is 5.35. The van der Waals surface area contributed by atoms with Gasteiger partial charge in [-0.3, -0.25) is 4.79 Å². The van der Waals surface area contributed by atoms with Crippen molar-refractivity contribution in [2.75, 3.05) is 11.9 Å². The molecule has 0 fully saturated rings. The van der Waals surface area contributed by atoms with Gasteiger partial charge in [-0.1, -0.05) is 52.0 Å². The molecule has 0 saturated carbocycles. The second-order valence-electron chi connectivity index (χ2n) is 7.41. The third kappa shape index (κ3) is 5.18. The summed E-state index contributed by atoms with van der Waals surface area (Å²) < 4.78 is 5.23. The number of hydrogen-bond donors (Lipinski definition) is 1. The van der Waals surface area contributed by atoms with Gasteiger partial charge < -0.3 is 10.1 Å². The molecule has 0 unspecified atom stereocenters. The summed E-state index contributed by atoms with van der Waals surface area (Å²) in [6, 6.07) is 8.12. The van der Waals surface area contributed by atoms with Crippen LogP contribution in [0.2, 0.25) is 0 Å². The normalized spacial score (nSPS) is 11.3. The molecule has 4 nitrogen and oxygen atoms in total. The Morgan fingerprint density at radius 3 is 2.31 bits per heavy atom. The molecule has 0 aliphatic heterocycles. The fraction of sp³-hybridized carbons (Fsp3) is 0.429. The van der Waals surface area contributed by atoms with Gasteiger partial charge in [-0.25, -0.2) is 4.79 Å². The Hall–Kier alpha value is -2.14. The number of carbonyl (C=O) groups is 2. The molecule has 1 heterocycles. The van der Waals surface area contributed by atoms with E-state index in [0.29, 0.717) is 17.0 Å². The topological polar surface area (TPSA) is 55.4 Å². The molecule has 0 spiro atoms. The highest BCUT2D eigenvalue weighted by molar-refractivity contribution is 7.15. The highest BCUT2D eigenvalue weighted by Crippen LogP contribution is 2.37. The summed E-state index contributed by atoms with van der Waals surface area (Å²) >= 11 is 1.36. The molecular weight excluding hydrogens is 346 g/mol. The van der Waals surface area contributed by atoms with Gasteiger partial charge in [0, 0.05) is 17.4 Å². The molecule has 2 aromatic rings. The van der Waals surface area contributed by atoms with Crippen molar-refractivity contribution in [3.8, 4) is 11.1 Å². The molecule has 0 radical (unpaired) electrons. The van der Waals surface area contributed by atoms with E-state index in [0.717, 1.165) is 17.5 Å². The SMILES string of the molecule is CCOC(=O)c1c(-c2ccc(CC)cc2)csc1NC(=O)CC(C)(C)C. The van der Waals surface area contributed by atoms with Crippen LogP contribution < -0.4 is 5.32 Å². The number of hydrogen-bond acceptors (Lipinski definition) is 4. The molecular formula is C21H27NO3S. The van der Waals surface area contributed by atoms with E-state index in [4.69, 9.17) is 4.74 Å². The van der Waals surface area contributed by atoms with Crippen LogP contribution in [0.5, 0.6) is 0 Å². The zero-order chi connectivity index (χ0) is 19.3. The zero-order valence-electron chi connectivity index (χ0n) is 16.1. The molecule has 1 amide bonds. The molecule has 0 saturated heterocycles. The van der Waals surface area contributed by atoms with Crippen molar-refractivity contribution < 1.29 is 14.3 Å². The number of benzene rings is 1. The van der Waals surface area contributed by atoms with Gasteiger partial charge in [0.05, 0.1) is 6.61 Å². The first-order valence-electron chi connectivity index (χ1n) is 8.93. The number of anilines is 1. The number of rotatable bonds is 6.